The summed E-state index contributed by atoms with van der Waals surface area (Å²) < 4.78 is 0. The van der Waals surface area contributed by atoms with Crippen LogP contribution in [0.3, 0.4) is 0 Å². The highest BCUT2D eigenvalue weighted by molar-refractivity contribution is 6.30. The molecule has 0 atom stereocenters. The average Bonchev–Trinajstić information content (AvgIpc) is 2.04. The summed E-state index contributed by atoms with van der Waals surface area (Å²) in [5, 5.41) is 0.826. The zero-order valence-corrected chi connectivity index (χ0v) is 6.81. The molecule has 1 heteroatoms. The first-order chi connectivity index (χ1) is 5.36. The number of fused-ring (bicyclic) bond motifs is 1. The Hall–Kier alpha value is -0.750. The van der Waals surface area contributed by atoms with E-state index in [4.69, 9.17) is 11.6 Å². The average molecular weight is 164 g/mol. The molecule has 0 N–H and O–H groups in total. The van der Waals surface area contributed by atoms with Crippen LogP contribution >= 0.6 is 11.6 Å². The van der Waals surface area contributed by atoms with Gasteiger partial charge in [-0.3, -0.25) is 0 Å². The summed E-state index contributed by atoms with van der Waals surface area (Å²) >= 11 is 5.84. The van der Waals surface area contributed by atoms with Crippen LogP contribution in [0.4, 0.5) is 0 Å². The Morgan fingerprint density at radius 1 is 1.27 bits per heavy atom. The molecule has 0 aliphatic heterocycles. The Kier molecular flexibility index (Phi) is 1.71. The second-order valence-electron chi connectivity index (χ2n) is 2.64. The molecule has 1 aromatic carbocycles. The second-order valence-corrected chi connectivity index (χ2v) is 3.08. The van der Waals surface area contributed by atoms with E-state index >= 15 is 0 Å². The summed E-state index contributed by atoms with van der Waals surface area (Å²) in [7, 11) is 0. The van der Waals surface area contributed by atoms with Crippen molar-refractivity contribution in [2.75, 3.05) is 0 Å². The van der Waals surface area contributed by atoms with Crippen LogP contribution in [-0.2, 0) is 6.42 Å². The predicted octanol–water partition coefficient (Wildman–Crippen LogP) is 3.00. The van der Waals surface area contributed by atoms with E-state index in [2.05, 4.69) is 24.6 Å². The van der Waals surface area contributed by atoms with E-state index in [1.54, 1.807) is 0 Å². The fourth-order valence-electron chi connectivity index (χ4n) is 1.28. The molecular weight excluding hydrogens is 156 g/mol. The number of allylic oxidation sites excluding steroid dienone is 2. The standard InChI is InChI=1S/C10H8Cl/c11-10-6-5-8-3-1-2-4-9(8)7-10/h1-3,5-7H,4H2. The van der Waals surface area contributed by atoms with E-state index in [0.29, 0.717) is 0 Å². The van der Waals surface area contributed by atoms with Gasteiger partial charge in [-0.1, -0.05) is 29.8 Å². The topological polar surface area (TPSA) is 0 Å². The van der Waals surface area contributed by atoms with Crippen molar-refractivity contribution >= 4 is 11.6 Å². The van der Waals surface area contributed by atoms with Crippen LogP contribution in [-0.4, -0.2) is 0 Å². The molecule has 0 spiro atoms. The molecule has 0 bridgehead atoms. The van der Waals surface area contributed by atoms with Gasteiger partial charge in [0.25, 0.3) is 0 Å². The molecule has 55 valence electrons. The third-order valence-corrected chi connectivity index (χ3v) is 2.09. The SMILES string of the molecule is Clc1ccc2c(c1)CC=C[CH]2. The van der Waals surface area contributed by atoms with Crippen molar-refractivity contribution in [1.29, 1.82) is 0 Å². The quantitative estimate of drug-likeness (QED) is 0.552. The largest absolute Gasteiger partial charge is 0.0843 e. The van der Waals surface area contributed by atoms with Crippen LogP contribution in [0.25, 0.3) is 0 Å². The van der Waals surface area contributed by atoms with Gasteiger partial charge < -0.3 is 0 Å². The lowest BCUT2D eigenvalue weighted by atomic mass is 9.97. The highest BCUT2D eigenvalue weighted by Gasteiger charge is 2.03. The summed E-state index contributed by atoms with van der Waals surface area (Å²) in [5.41, 5.74) is 2.61. The summed E-state index contributed by atoms with van der Waals surface area (Å²) in [4.78, 5) is 0. The number of hydrogen-bond acceptors (Lipinski definition) is 0. The van der Waals surface area contributed by atoms with Gasteiger partial charge in [-0.2, -0.15) is 0 Å². The van der Waals surface area contributed by atoms with Crippen LogP contribution in [0.2, 0.25) is 5.02 Å². The molecule has 0 amide bonds. The maximum atomic E-state index is 5.84. The lowest BCUT2D eigenvalue weighted by Gasteiger charge is -2.09. The highest BCUT2D eigenvalue weighted by atomic mass is 35.5. The van der Waals surface area contributed by atoms with Crippen molar-refractivity contribution in [3.8, 4) is 0 Å². The lowest BCUT2D eigenvalue weighted by Crippen LogP contribution is -1.94. The minimum atomic E-state index is 0.826. The van der Waals surface area contributed by atoms with E-state index in [1.165, 1.54) is 11.1 Å². The zero-order chi connectivity index (χ0) is 7.68. The first kappa shape index (κ1) is 6.93. The van der Waals surface area contributed by atoms with Crippen molar-refractivity contribution in [3.05, 3.63) is 52.9 Å². The number of halogens is 1. The minimum absolute atomic E-state index is 0.826. The third-order valence-electron chi connectivity index (χ3n) is 1.85. The molecule has 0 fully saturated rings. The van der Waals surface area contributed by atoms with Crippen molar-refractivity contribution in [2.45, 2.75) is 6.42 Å². The van der Waals surface area contributed by atoms with Gasteiger partial charge >= 0.3 is 0 Å². The Morgan fingerprint density at radius 3 is 3.09 bits per heavy atom. The molecule has 0 saturated heterocycles. The molecule has 0 unspecified atom stereocenters. The van der Waals surface area contributed by atoms with Crippen LogP contribution in [0, 0.1) is 6.42 Å². The number of benzene rings is 1. The van der Waals surface area contributed by atoms with Crippen LogP contribution in [0.15, 0.2) is 30.4 Å². The van der Waals surface area contributed by atoms with E-state index < -0.39 is 0 Å². The van der Waals surface area contributed by atoms with E-state index in [0.717, 1.165) is 11.4 Å². The maximum Gasteiger partial charge on any atom is 0.0409 e. The van der Waals surface area contributed by atoms with Crippen LogP contribution in [0.1, 0.15) is 11.1 Å². The van der Waals surface area contributed by atoms with Gasteiger partial charge in [0.05, 0.1) is 0 Å². The van der Waals surface area contributed by atoms with Gasteiger partial charge in [0.2, 0.25) is 0 Å². The van der Waals surface area contributed by atoms with Crippen molar-refractivity contribution in [1.82, 2.24) is 0 Å². The monoisotopic (exact) mass is 163 g/mol. The molecule has 11 heavy (non-hydrogen) atoms. The van der Waals surface area contributed by atoms with Gasteiger partial charge in [-0.15, -0.1) is 0 Å². The fraction of sp³-hybridized carbons (Fsp3) is 0.100. The molecule has 2 rings (SSSR count). The summed E-state index contributed by atoms with van der Waals surface area (Å²) in [6.45, 7) is 0. The highest BCUT2D eigenvalue weighted by Crippen LogP contribution is 2.21. The Bertz CT molecular complexity index is 300. The molecule has 1 radical (unpaired) electrons. The molecule has 0 aromatic heterocycles. The van der Waals surface area contributed by atoms with Crippen molar-refractivity contribution in [3.63, 3.8) is 0 Å². The lowest BCUT2D eigenvalue weighted by molar-refractivity contribution is 1.19. The normalized spacial score (nSPS) is 14.6. The Morgan fingerprint density at radius 2 is 2.18 bits per heavy atom. The van der Waals surface area contributed by atoms with Gasteiger partial charge in [0.1, 0.15) is 0 Å². The number of hydrogen-bond donors (Lipinski definition) is 0. The van der Waals surface area contributed by atoms with Crippen LogP contribution < -0.4 is 0 Å². The first-order valence-corrected chi connectivity index (χ1v) is 4.02. The van der Waals surface area contributed by atoms with Crippen molar-refractivity contribution < 1.29 is 0 Å². The molecular formula is C10H8Cl. The summed E-state index contributed by atoms with van der Waals surface area (Å²) in [6, 6.07) is 6.01. The summed E-state index contributed by atoms with van der Waals surface area (Å²) in [6.07, 6.45) is 7.33. The zero-order valence-electron chi connectivity index (χ0n) is 6.05. The maximum absolute atomic E-state index is 5.84. The molecule has 1 aliphatic rings. The Balaban J connectivity index is 2.48. The van der Waals surface area contributed by atoms with Crippen LogP contribution in [0.5, 0.6) is 0 Å². The first-order valence-electron chi connectivity index (χ1n) is 3.64. The molecule has 1 aromatic rings. The third kappa shape index (κ3) is 1.31. The van der Waals surface area contributed by atoms with Crippen molar-refractivity contribution in [2.24, 2.45) is 0 Å². The van der Waals surface area contributed by atoms with E-state index in [9.17, 15) is 0 Å². The summed E-state index contributed by atoms with van der Waals surface area (Å²) in [5.74, 6) is 0. The van der Waals surface area contributed by atoms with Gasteiger partial charge in [-0.05, 0) is 29.7 Å². The smallest absolute Gasteiger partial charge is 0.0409 e. The molecule has 0 heterocycles. The van der Waals surface area contributed by atoms with E-state index in [-0.39, 0.29) is 0 Å². The van der Waals surface area contributed by atoms with Gasteiger partial charge in [-0.25, -0.2) is 0 Å². The van der Waals surface area contributed by atoms with Gasteiger partial charge in [0.15, 0.2) is 0 Å². The second kappa shape index (κ2) is 2.71. The Labute approximate surface area is 71.5 Å². The minimum Gasteiger partial charge on any atom is -0.0843 e. The van der Waals surface area contributed by atoms with Gasteiger partial charge in [0, 0.05) is 11.4 Å². The number of rotatable bonds is 0. The predicted molar refractivity (Wildman–Crippen MR) is 47.7 cm³/mol. The fourth-order valence-corrected chi connectivity index (χ4v) is 1.48. The molecule has 0 saturated carbocycles. The molecule has 1 aliphatic carbocycles. The van der Waals surface area contributed by atoms with E-state index in [1.807, 2.05) is 12.1 Å². The molecule has 0 nitrogen and oxygen atoms in total.